The monoisotopic (exact) mass is 365 g/mol. The lowest BCUT2D eigenvalue weighted by Gasteiger charge is -2.30. The molecule has 0 spiro atoms. The molecule has 1 unspecified atom stereocenters. The number of hydrogen-bond donors (Lipinski definition) is 2. The Morgan fingerprint density at radius 2 is 2.12 bits per heavy atom. The quantitative estimate of drug-likeness (QED) is 0.531. The highest BCUT2D eigenvalue weighted by Crippen LogP contribution is 2.46. The average Bonchev–Trinajstić information content (AvgIpc) is 2.63. The molecular formula is C18H23NO7. The molecule has 2 N–H and O–H groups in total. The van der Waals surface area contributed by atoms with E-state index in [1.807, 2.05) is 0 Å². The molecule has 142 valence electrons. The number of methoxy groups -OCH3 is 3. The summed E-state index contributed by atoms with van der Waals surface area (Å²) in [5.74, 6) is -0.156. The fourth-order valence-electron chi connectivity index (χ4n) is 2.78. The molecule has 1 aromatic rings. The number of fused-ring (bicyclic) bond motifs is 1. The normalized spacial score (nSPS) is 15.9. The molecular weight excluding hydrogens is 342 g/mol. The zero-order valence-electron chi connectivity index (χ0n) is 15.3. The lowest BCUT2D eigenvalue weighted by atomic mass is 9.92. The van der Waals surface area contributed by atoms with Crippen LogP contribution in [0.3, 0.4) is 0 Å². The van der Waals surface area contributed by atoms with Crippen LogP contribution in [-0.4, -0.2) is 58.1 Å². The first-order valence-corrected chi connectivity index (χ1v) is 8.02. The fraction of sp³-hybridized carbons (Fsp3) is 0.444. The van der Waals surface area contributed by atoms with Crippen molar-refractivity contribution in [3.05, 3.63) is 22.8 Å². The Morgan fingerprint density at radius 3 is 2.69 bits per heavy atom. The van der Waals surface area contributed by atoms with Gasteiger partial charge in [0.15, 0.2) is 17.8 Å². The molecule has 0 aromatic heterocycles. The third-order valence-corrected chi connectivity index (χ3v) is 4.18. The summed E-state index contributed by atoms with van der Waals surface area (Å²) in [5, 5.41) is 12.9. The van der Waals surface area contributed by atoms with Gasteiger partial charge < -0.3 is 29.4 Å². The van der Waals surface area contributed by atoms with Crippen LogP contribution < -0.4 is 14.8 Å². The Morgan fingerprint density at radius 1 is 1.38 bits per heavy atom. The summed E-state index contributed by atoms with van der Waals surface area (Å²) in [4.78, 5) is 23.6. The number of carbonyl (C=O) groups excluding carboxylic acids is 2. The largest absolute Gasteiger partial charge is 0.504 e. The van der Waals surface area contributed by atoms with Gasteiger partial charge in [-0.05, 0) is 18.6 Å². The van der Waals surface area contributed by atoms with E-state index in [9.17, 15) is 14.7 Å². The molecule has 8 heteroatoms. The summed E-state index contributed by atoms with van der Waals surface area (Å²) < 4.78 is 21.1. The highest BCUT2D eigenvalue weighted by Gasteiger charge is 2.32. The highest BCUT2D eigenvalue weighted by atomic mass is 16.7. The van der Waals surface area contributed by atoms with E-state index in [0.717, 1.165) is 5.57 Å². The summed E-state index contributed by atoms with van der Waals surface area (Å²) in [6.07, 6.45) is -0.283. The molecule has 26 heavy (non-hydrogen) atoms. The molecule has 1 atom stereocenters. The van der Waals surface area contributed by atoms with Gasteiger partial charge in [0.05, 0.1) is 20.1 Å². The van der Waals surface area contributed by atoms with E-state index in [1.54, 1.807) is 20.1 Å². The molecule has 2 rings (SSSR count). The minimum Gasteiger partial charge on any atom is -0.504 e. The van der Waals surface area contributed by atoms with Crippen LogP contribution in [0.5, 0.6) is 17.2 Å². The molecule has 1 aliphatic rings. The average molecular weight is 365 g/mol. The van der Waals surface area contributed by atoms with Gasteiger partial charge in [-0.25, -0.2) is 0 Å². The van der Waals surface area contributed by atoms with Crippen molar-refractivity contribution in [3.63, 3.8) is 0 Å². The summed E-state index contributed by atoms with van der Waals surface area (Å²) in [5.41, 5.74) is 1.89. The van der Waals surface area contributed by atoms with Crippen LogP contribution in [0, 0.1) is 0 Å². The second-order valence-corrected chi connectivity index (χ2v) is 5.69. The molecule has 0 fully saturated rings. The molecule has 0 saturated heterocycles. The maximum absolute atomic E-state index is 12.2. The first kappa shape index (κ1) is 19.7. The molecule has 0 saturated carbocycles. The third-order valence-electron chi connectivity index (χ3n) is 4.18. The van der Waals surface area contributed by atoms with Crippen molar-refractivity contribution < 1.29 is 33.6 Å². The number of phenolic OH excluding ortho intramolecular Hbond substituents is 1. The van der Waals surface area contributed by atoms with Crippen molar-refractivity contribution >= 4 is 17.8 Å². The summed E-state index contributed by atoms with van der Waals surface area (Å²) >= 11 is 0. The van der Waals surface area contributed by atoms with Crippen LogP contribution in [0.15, 0.2) is 11.6 Å². The molecule has 1 amide bonds. The molecule has 1 aliphatic heterocycles. The number of nitrogens with one attached hydrogen (secondary N) is 1. The van der Waals surface area contributed by atoms with Gasteiger partial charge in [-0.3, -0.25) is 9.59 Å². The van der Waals surface area contributed by atoms with Crippen LogP contribution >= 0.6 is 0 Å². The van der Waals surface area contributed by atoms with Crippen LogP contribution in [0.1, 0.15) is 29.3 Å². The van der Waals surface area contributed by atoms with E-state index >= 15 is 0 Å². The summed E-state index contributed by atoms with van der Waals surface area (Å²) in [7, 11) is 4.38. The number of amides is 1. The van der Waals surface area contributed by atoms with Crippen LogP contribution in [0.2, 0.25) is 0 Å². The van der Waals surface area contributed by atoms with Crippen molar-refractivity contribution in [1.82, 2.24) is 5.32 Å². The lowest BCUT2D eigenvalue weighted by molar-refractivity contribution is -0.121. The van der Waals surface area contributed by atoms with E-state index in [0.29, 0.717) is 30.6 Å². The molecule has 0 bridgehead atoms. The van der Waals surface area contributed by atoms with Crippen molar-refractivity contribution in [3.8, 4) is 17.2 Å². The Balaban J connectivity index is 2.44. The Hall–Kier alpha value is -2.58. The van der Waals surface area contributed by atoms with Crippen LogP contribution in [0.25, 0.3) is 5.57 Å². The summed E-state index contributed by atoms with van der Waals surface area (Å²) in [6.45, 7) is 2.61. The molecule has 1 aromatic carbocycles. The standard InChI is InChI=1S/C18H23NO7/c1-10-11-7-14(24-3)16(22)13(9-20)17(11)26-18(25-4)12(10)8-15(21)19-5-6-23-2/h7,9,18,22H,5-6,8H2,1-4H3,(H,19,21). The van der Waals surface area contributed by atoms with E-state index in [-0.39, 0.29) is 35.1 Å². The predicted molar refractivity (Wildman–Crippen MR) is 93.6 cm³/mol. The van der Waals surface area contributed by atoms with E-state index in [4.69, 9.17) is 18.9 Å². The second-order valence-electron chi connectivity index (χ2n) is 5.69. The Kier molecular flexibility index (Phi) is 6.59. The van der Waals surface area contributed by atoms with Gasteiger partial charge in [-0.2, -0.15) is 0 Å². The van der Waals surface area contributed by atoms with Crippen molar-refractivity contribution in [2.24, 2.45) is 0 Å². The summed E-state index contributed by atoms with van der Waals surface area (Å²) in [6, 6.07) is 1.57. The maximum atomic E-state index is 12.2. The molecule has 0 radical (unpaired) electrons. The number of phenols is 1. The van der Waals surface area contributed by atoms with Crippen LogP contribution in [-0.2, 0) is 14.3 Å². The van der Waals surface area contributed by atoms with Gasteiger partial charge in [-0.15, -0.1) is 0 Å². The Bertz CT molecular complexity index is 727. The van der Waals surface area contributed by atoms with Gasteiger partial charge in [0.1, 0.15) is 11.3 Å². The maximum Gasteiger partial charge on any atom is 0.224 e. The van der Waals surface area contributed by atoms with Crippen molar-refractivity contribution in [2.45, 2.75) is 19.6 Å². The molecule has 1 heterocycles. The number of carbonyl (C=O) groups is 2. The number of hydrogen-bond acceptors (Lipinski definition) is 7. The SMILES string of the molecule is COCCNC(=O)CC1=C(C)c2cc(OC)c(O)c(C=O)c2OC1OC. The van der Waals surface area contributed by atoms with Gasteiger partial charge in [-0.1, -0.05) is 0 Å². The highest BCUT2D eigenvalue weighted by molar-refractivity contribution is 5.92. The van der Waals surface area contributed by atoms with E-state index in [1.165, 1.54) is 14.2 Å². The number of aldehydes is 1. The zero-order valence-corrected chi connectivity index (χ0v) is 15.3. The van der Waals surface area contributed by atoms with Crippen molar-refractivity contribution in [2.75, 3.05) is 34.5 Å². The number of ether oxygens (including phenoxy) is 4. The topological polar surface area (TPSA) is 103 Å². The smallest absolute Gasteiger partial charge is 0.224 e. The lowest BCUT2D eigenvalue weighted by Crippen LogP contribution is -2.33. The van der Waals surface area contributed by atoms with Gasteiger partial charge in [0.25, 0.3) is 0 Å². The van der Waals surface area contributed by atoms with Gasteiger partial charge in [0.2, 0.25) is 12.2 Å². The fourth-order valence-corrected chi connectivity index (χ4v) is 2.78. The first-order chi connectivity index (χ1) is 12.5. The van der Waals surface area contributed by atoms with Crippen LogP contribution in [0.4, 0.5) is 0 Å². The van der Waals surface area contributed by atoms with E-state index in [2.05, 4.69) is 5.32 Å². The first-order valence-electron chi connectivity index (χ1n) is 8.02. The van der Waals surface area contributed by atoms with Crippen molar-refractivity contribution in [1.29, 1.82) is 0 Å². The van der Waals surface area contributed by atoms with Gasteiger partial charge in [0, 0.05) is 31.9 Å². The molecule has 0 aliphatic carbocycles. The third kappa shape index (κ3) is 3.81. The zero-order chi connectivity index (χ0) is 19.3. The number of rotatable bonds is 8. The Labute approximate surface area is 151 Å². The number of allylic oxidation sites excluding steroid dienone is 1. The minimum atomic E-state index is -0.845. The number of benzene rings is 1. The second kappa shape index (κ2) is 8.68. The minimum absolute atomic E-state index is 0.0238. The number of aromatic hydroxyl groups is 1. The molecule has 8 nitrogen and oxygen atoms in total. The predicted octanol–water partition coefficient (Wildman–Crippen LogP) is 1.50. The van der Waals surface area contributed by atoms with Gasteiger partial charge >= 0.3 is 0 Å². The van der Waals surface area contributed by atoms with E-state index < -0.39 is 6.29 Å².